The molecule has 0 amide bonds. The fourth-order valence-corrected chi connectivity index (χ4v) is 2.72. The lowest BCUT2D eigenvalue weighted by Crippen LogP contribution is -2.47. The van der Waals surface area contributed by atoms with E-state index in [9.17, 15) is 0 Å². The molecule has 1 aromatic heterocycles. The molecule has 0 spiro atoms. The maximum absolute atomic E-state index is 5.75. The molecule has 19 heavy (non-hydrogen) atoms. The van der Waals surface area contributed by atoms with Gasteiger partial charge in [0.2, 0.25) is 0 Å². The number of anilines is 1. The zero-order chi connectivity index (χ0) is 13.2. The van der Waals surface area contributed by atoms with Crippen molar-refractivity contribution in [1.29, 1.82) is 0 Å². The highest BCUT2D eigenvalue weighted by Crippen LogP contribution is 2.30. The average Bonchev–Trinajstić information content (AvgIpc) is 3.23. The molecule has 1 saturated heterocycles. The maximum Gasteiger partial charge on any atom is 0.161 e. The van der Waals surface area contributed by atoms with E-state index in [-0.39, 0.29) is 0 Å². The van der Waals surface area contributed by atoms with Crippen LogP contribution in [0.4, 0.5) is 5.82 Å². The zero-order valence-corrected chi connectivity index (χ0v) is 11.8. The van der Waals surface area contributed by atoms with Crippen molar-refractivity contribution < 1.29 is 0 Å². The lowest BCUT2D eigenvalue weighted by Gasteiger charge is -2.35. The Hall–Kier alpha value is -1.27. The summed E-state index contributed by atoms with van der Waals surface area (Å²) in [4.78, 5) is 5.18. The Labute approximate surface area is 118 Å². The summed E-state index contributed by atoms with van der Waals surface area (Å²) in [7, 11) is 0. The van der Waals surface area contributed by atoms with Gasteiger partial charge in [0.25, 0.3) is 0 Å². The van der Waals surface area contributed by atoms with Crippen LogP contribution in [0.2, 0.25) is 0 Å². The molecule has 2 fully saturated rings. The second kappa shape index (κ2) is 5.38. The summed E-state index contributed by atoms with van der Waals surface area (Å²) in [6.07, 6.45) is 4.47. The van der Waals surface area contributed by atoms with Crippen LogP contribution >= 0.6 is 12.2 Å². The van der Waals surface area contributed by atoms with Crippen molar-refractivity contribution in [2.75, 3.05) is 37.6 Å². The molecule has 1 aliphatic carbocycles. The quantitative estimate of drug-likeness (QED) is 0.815. The lowest BCUT2D eigenvalue weighted by molar-refractivity contribution is 0.247. The Morgan fingerprint density at radius 2 is 2.05 bits per heavy atom. The molecular formula is C13H19N5S. The van der Waals surface area contributed by atoms with Crippen LogP contribution in [-0.4, -0.2) is 52.8 Å². The third-order valence-corrected chi connectivity index (χ3v) is 4.07. The number of hydrogen-bond acceptors (Lipinski definition) is 5. The fourth-order valence-electron chi connectivity index (χ4n) is 2.56. The monoisotopic (exact) mass is 277 g/mol. The minimum atomic E-state index is 0.394. The Kier molecular flexibility index (Phi) is 3.61. The Bertz CT molecular complexity index is 466. The average molecular weight is 277 g/mol. The molecule has 2 N–H and O–H groups in total. The predicted octanol–water partition coefficient (Wildman–Crippen LogP) is 0.643. The van der Waals surface area contributed by atoms with Crippen molar-refractivity contribution >= 4 is 23.0 Å². The summed E-state index contributed by atoms with van der Waals surface area (Å²) < 4.78 is 0. The fraction of sp³-hybridized carbons (Fsp3) is 0.615. The summed E-state index contributed by atoms with van der Waals surface area (Å²) in [6.45, 7) is 5.38. The Morgan fingerprint density at radius 3 is 2.68 bits per heavy atom. The van der Waals surface area contributed by atoms with Gasteiger partial charge in [0.1, 0.15) is 4.99 Å². The van der Waals surface area contributed by atoms with E-state index in [0.717, 1.165) is 43.5 Å². The van der Waals surface area contributed by atoms with E-state index in [0.29, 0.717) is 4.99 Å². The molecule has 0 radical (unpaired) electrons. The van der Waals surface area contributed by atoms with Gasteiger partial charge in [-0.2, -0.15) is 5.10 Å². The van der Waals surface area contributed by atoms with Gasteiger partial charge in [0.05, 0.1) is 11.8 Å². The van der Waals surface area contributed by atoms with Crippen LogP contribution in [0.25, 0.3) is 0 Å². The lowest BCUT2D eigenvalue weighted by atomic mass is 10.2. The van der Waals surface area contributed by atoms with Gasteiger partial charge < -0.3 is 10.6 Å². The minimum absolute atomic E-state index is 0.394. The number of thiocarbonyl (C=S) groups is 1. The smallest absolute Gasteiger partial charge is 0.161 e. The normalized spacial score (nSPS) is 20.5. The van der Waals surface area contributed by atoms with Crippen molar-refractivity contribution in [1.82, 2.24) is 15.1 Å². The van der Waals surface area contributed by atoms with Gasteiger partial charge in [0, 0.05) is 32.7 Å². The first-order chi connectivity index (χ1) is 9.24. The van der Waals surface area contributed by atoms with E-state index in [4.69, 9.17) is 18.0 Å². The van der Waals surface area contributed by atoms with Crippen LogP contribution in [0.15, 0.2) is 12.3 Å². The molecule has 3 rings (SSSR count). The van der Waals surface area contributed by atoms with Crippen molar-refractivity contribution in [3.63, 3.8) is 0 Å². The molecule has 2 heterocycles. The standard InChI is InChI=1S/C13H19N5S/c14-12(19)11-3-4-15-16-13(11)18-7-5-17(6-8-18)9-10-1-2-10/h3-4,10H,1-2,5-9H2,(H2,14,19). The molecule has 0 aromatic carbocycles. The molecule has 0 atom stereocenters. The van der Waals surface area contributed by atoms with Gasteiger partial charge in [-0.1, -0.05) is 12.2 Å². The molecule has 5 nitrogen and oxygen atoms in total. The first-order valence-corrected chi connectivity index (χ1v) is 7.23. The molecule has 1 saturated carbocycles. The molecule has 1 aromatic rings. The summed E-state index contributed by atoms with van der Waals surface area (Å²) in [5.74, 6) is 1.79. The highest BCUT2D eigenvalue weighted by atomic mass is 32.1. The van der Waals surface area contributed by atoms with Gasteiger partial charge in [-0.25, -0.2) is 0 Å². The van der Waals surface area contributed by atoms with Crippen LogP contribution in [0.1, 0.15) is 18.4 Å². The number of piperazine rings is 1. The Morgan fingerprint density at radius 1 is 1.32 bits per heavy atom. The van der Waals surface area contributed by atoms with Crippen LogP contribution in [0.3, 0.4) is 0 Å². The molecule has 2 aliphatic rings. The highest BCUT2D eigenvalue weighted by Gasteiger charge is 2.27. The van der Waals surface area contributed by atoms with Gasteiger partial charge in [-0.3, -0.25) is 4.90 Å². The molecule has 0 unspecified atom stereocenters. The van der Waals surface area contributed by atoms with Gasteiger partial charge in [0.15, 0.2) is 5.82 Å². The van der Waals surface area contributed by atoms with Crippen LogP contribution in [-0.2, 0) is 0 Å². The second-order valence-electron chi connectivity index (χ2n) is 5.36. The largest absolute Gasteiger partial charge is 0.389 e. The third-order valence-electron chi connectivity index (χ3n) is 3.85. The van der Waals surface area contributed by atoms with Gasteiger partial charge in [-0.15, -0.1) is 5.10 Å². The Balaban J connectivity index is 1.65. The van der Waals surface area contributed by atoms with E-state index in [1.165, 1.54) is 19.4 Å². The first kappa shape index (κ1) is 12.7. The van der Waals surface area contributed by atoms with Gasteiger partial charge >= 0.3 is 0 Å². The van der Waals surface area contributed by atoms with Crippen molar-refractivity contribution in [2.24, 2.45) is 11.7 Å². The predicted molar refractivity (Wildman–Crippen MR) is 79.3 cm³/mol. The molecule has 6 heteroatoms. The van der Waals surface area contributed by atoms with Gasteiger partial charge in [-0.05, 0) is 24.8 Å². The minimum Gasteiger partial charge on any atom is -0.389 e. The van der Waals surface area contributed by atoms with Crippen molar-refractivity contribution in [3.8, 4) is 0 Å². The molecule has 102 valence electrons. The SMILES string of the molecule is NC(=S)c1ccnnc1N1CCN(CC2CC2)CC1. The first-order valence-electron chi connectivity index (χ1n) is 6.83. The van der Waals surface area contributed by atoms with Crippen molar-refractivity contribution in [2.45, 2.75) is 12.8 Å². The summed E-state index contributed by atoms with van der Waals surface area (Å²) in [6, 6.07) is 1.85. The number of nitrogens with zero attached hydrogens (tertiary/aromatic N) is 4. The van der Waals surface area contributed by atoms with Crippen molar-refractivity contribution in [3.05, 3.63) is 17.8 Å². The maximum atomic E-state index is 5.75. The zero-order valence-electron chi connectivity index (χ0n) is 11.0. The number of aromatic nitrogens is 2. The van der Waals surface area contributed by atoms with E-state index >= 15 is 0 Å². The molecular weight excluding hydrogens is 258 g/mol. The summed E-state index contributed by atoms with van der Waals surface area (Å²) in [5, 5.41) is 8.17. The van der Waals surface area contributed by atoms with Crippen LogP contribution in [0, 0.1) is 5.92 Å². The number of hydrogen-bond donors (Lipinski definition) is 1. The highest BCUT2D eigenvalue weighted by molar-refractivity contribution is 7.80. The van der Waals surface area contributed by atoms with E-state index in [1.807, 2.05) is 6.07 Å². The number of nitrogens with two attached hydrogens (primary N) is 1. The summed E-state index contributed by atoms with van der Waals surface area (Å²) in [5.41, 5.74) is 6.58. The number of rotatable bonds is 4. The third kappa shape index (κ3) is 3.01. The van der Waals surface area contributed by atoms with Crippen LogP contribution in [0.5, 0.6) is 0 Å². The molecule has 0 bridgehead atoms. The molecule has 1 aliphatic heterocycles. The summed E-state index contributed by atoms with van der Waals surface area (Å²) >= 11 is 5.08. The van der Waals surface area contributed by atoms with E-state index in [2.05, 4.69) is 20.0 Å². The second-order valence-corrected chi connectivity index (χ2v) is 5.80. The van der Waals surface area contributed by atoms with Crippen LogP contribution < -0.4 is 10.6 Å². The topological polar surface area (TPSA) is 58.3 Å². The van der Waals surface area contributed by atoms with E-state index < -0.39 is 0 Å². The van der Waals surface area contributed by atoms with E-state index in [1.54, 1.807) is 6.20 Å².